The van der Waals surface area contributed by atoms with Crippen molar-refractivity contribution in [3.63, 3.8) is 0 Å². The molecule has 23 heavy (non-hydrogen) atoms. The molecular weight excluding hydrogens is 326 g/mol. The molecule has 5 heteroatoms. The molecule has 1 N–H and O–H groups in total. The van der Waals surface area contributed by atoms with Crippen LogP contribution in [0.1, 0.15) is 45.9 Å². The quantitative estimate of drug-likeness (QED) is 0.650. The van der Waals surface area contributed by atoms with Gasteiger partial charge >= 0.3 is 0 Å². The van der Waals surface area contributed by atoms with E-state index in [1.807, 2.05) is 23.6 Å². The van der Waals surface area contributed by atoms with E-state index in [1.165, 1.54) is 4.88 Å². The van der Waals surface area contributed by atoms with Crippen LogP contribution < -0.4 is 4.72 Å². The van der Waals surface area contributed by atoms with Gasteiger partial charge < -0.3 is 0 Å². The predicted octanol–water partition coefficient (Wildman–Crippen LogP) is 4.74. The van der Waals surface area contributed by atoms with Gasteiger partial charge in [0.25, 0.3) is 0 Å². The molecule has 130 valence electrons. The number of sulfonamides is 1. The van der Waals surface area contributed by atoms with Gasteiger partial charge in [0.1, 0.15) is 0 Å². The number of thiophene rings is 1. The maximum absolute atomic E-state index is 12.4. The molecule has 0 aliphatic rings. The Morgan fingerprint density at radius 3 is 2.65 bits per heavy atom. The molecule has 0 aliphatic heterocycles. The lowest BCUT2D eigenvalue weighted by molar-refractivity contribution is 0.266. The van der Waals surface area contributed by atoms with Crippen LogP contribution in [0, 0.1) is 11.3 Å². The molecule has 0 spiro atoms. The van der Waals surface area contributed by atoms with Crippen molar-refractivity contribution in [3.8, 4) is 0 Å². The Kier molecular flexibility index (Phi) is 7.71. The summed E-state index contributed by atoms with van der Waals surface area (Å²) in [6.07, 6.45) is 7.15. The minimum atomic E-state index is -3.44. The first-order valence-corrected chi connectivity index (χ1v) is 10.5. The van der Waals surface area contributed by atoms with Gasteiger partial charge in [0.15, 0.2) is 0 Å². The average Bonchev–Trinajstić information content (AvgIpc) is 3.00. The number of hydrogen-bond donors (Lipinski definition) is 1. The second kappa shape index (κ2) is 8.81. The van der Waals surface area contributed by atoms with E-state index in [2.05, 4.69) is 32.4 Å². The third-order valence-electron chi connectivity index (χ3n) is 4.53. The zero-order valence-corrected chi connectivity index (χ0v) is 16.4. The molecule has 1 unspecified atom stereocenters. The second-order valence-corrected chi connectivity index (χ2v) is 9.21. The number of hydrogen-bond acceptors (Lipinski definition) is 3. The second-order valence-electron chi connectivity index (χ2n) is 6.41. The van der Waals surface area contributed by atoms with Crippen molar-refractivity contribution in [2.75, 3.05) is 6.54 Å². The molecule has 0 fully saturated rings. The molecule has 0 saturated carbocycles. The van der Waals surface area contributed by atoms with Gasteiger partial charge in [0.2, 0.25) is 10.0 Å². The first kappa shape index (κ1) is 20.1. The van der Waals surface area contributed by atoms with Crippen molar-refractivity contribution >= 4 is 21.4 Å². The highest BCUT2D eigenvalue weighted by atomic mass is 32.2. The van der Waals surface area contributed by atoms with Crippen LogP contribution in [0.5, 0.6) is 0 Å². The molecule has 1 rings (SSSR count). The van der Waals surface area contributed by atoms with E-state index >= 15 is 0 Å². The van der Waals surface area contributed by atoms with Crippen LogP contribution in [-0.2, 0) is 16.4 Å². The molecule has 0 radical (unpaired) electrons. The van der Waals surface area contributed by atoms with E-state index in [4.69, 9.17) is 0 Å². The maximum Gasteiger partial charge on any atom is 0.240 e. The third-order valence-corrected chi connectivity index (χ3v) is 7.04. The summed E-state index contributed by atoms with van der Waals surface area (Å²) in [5.41, 5.74) is 0.158. The van der Waals surface area contributed by atoms with Crippen LogP contribution in [0.25, 0.3) is 0 Å². The fourth-order valence-electron chi connectivity index (χ4n) is 2.01. The monoisotopic (exact) mass is 355 g/mol. The van der Waals surface area contributed by atoms with Crippen molar-refractivity contribution in [3.05, 3.63) is 45.5 Å². The molecule has 1 aromatic heterocycles. The summed E-state index contributed by atoms with van der Waals surface area (Å²) >= 11 is 1.64. The van der Waals surface area contributed by atoms with Crippen molar-refractivity contribution < 1.29 is 8.42 Å². The van der Waals surface area contributed by atoms with Crippen LogP contribution in [0.15, 0.2) is 40.6 Å². The molecule has 1 heterocycles. The molecule has 0 aliphatic carbocycles. The topological polar surface area (TPSA) is 46.2 Å². The summed E-state index contributed by atoms with van der Waals surface area (Å²) in [5.74, 6) is 0.309. The van der Waals surface area contributed by atoms with Crippen LogP contribution >= 0.6 is 11.3 Å². The maximum atomic E-state index is 12.4. The fraction of sp³-hybridized carbons (Fsp3) is 0.556. The Morgan fingerprint density at radius 1 is 1.43 bits per heavy atom. The van der Waals surface area contributed by atoms with Crippen LogP contribution in [0.2, 0.25) is 0 Å². The van der Waals surface area contributed by atoms with E-state index < -0.39 is 10.0 Å². The number of rotatable bonds is 9. The van der Waals surface area contributed by atoms with Gasteiger partial charge in [-0.2, -0.15) is 0 Å². The standard InChI is InChI=1S/C18H29NO2S2/c1-6-17(11-10-15(3)18(4,5)7-2)23(20,21)19-13-12-16-9-8-14-22-16/h6,8-11,14-15,19H,7,12-13H2,1-5H3/b11-10-,17-6+. The van der Waals surface area contributed by atoms with E-state index in [0.717, 1.165) is 12.8 Å². The molecule has 0 amide bonds. The van der Waals surface area contributed by atoms with Gasteiger partial charge in [-0.15, -0.1) is 11.3 Å². The van der Waals surface area contributed by atoms with Gasteiger partial charge in [-0.1, -0.05) is 52.3 Å². The summed E-state index contributed by atoms with van der Waals surface area (Å²) < 4.78 is 27.5. The largest absolute Gasteiger partial charge is 0.240 e. The first-order chi connectivity index (χ1) is 10.7. The molecule has 3 nitrogen and oxygen atoms in total. The number of allylic oxidation sites excluding steroid dienone is 3. The van der Waals surface area contributed by atoms with Gasteiger partial charge in [0.05, 0.1) is 4.91 Å². The SMILES string of the molecule is C/C=C(\C=C/C(C)C(C)(C)CC)S(=O)(=O)NCCc1cccs1. The third kappa shape index (κ3) is 6.24. The van der Waals surface area contributed by atoms with Crippen molar-refractivity contribution in [1.29, 1.82) is 0 Å². The average molecular weight is 356 g/mol. The Hall–Kier alpha value is -0.910. The highest BCUT2D eigenvalue weighted by Crippen LogP contribution is 2.31. The summed E-state index contributed by atoms with van der Waals surface area (Å²) in [7, 11) is -3.44. The Bertz CT molecular complexity index is 626. The van der Waals surface area contributed by atoms with E-state index in [0.29, 0.717) is 17.4 Å². The molecule has 1 atom stereocenters. The molecule has 1 aromatic rings. The molecular formula is C18H29NO2S2. The Labute approximate surface area is 145 Å². The van der Waals surface area contributed by atoms with Crippen molar-refractivity contribution in [2.45, 2.75) is 47.5 Å². The van der Waals surface area contributed by atoms with Crippen molar-refractivity contribution in [1.82, 2.24) is 4.72 Å². The first-order valence-electron chi connectivity index (χ1n) is 8.09. The lowest BCUT2D eigenvalue weighted by Gasteiger charge is -2.28. The van der Waals surface area contributed by atoms with Gasteiger partial charge in [-0.05, 0) is 42.2 Å². The number of nitrogens with one attached hydrogen (secondary N) is 1. The summed E-state index contributed by atoms with van der Waals surface area (Å²) in [6.45, 7) is 10.9. The Morgan fingerprint density at radius 2 is 2.13 bits per heavy atom. The lowest BCUT2D eigenvalue weighted by atomic mass is 9.78. The predicted molar refractivity (Wildman–Crippen MR) is 101 cm³/mol. The zero-order valence-electron chi connectivity index (χ0n) is 14.8. The van der Waals surface area contributed by atoms with E-state index in [-0.39, 0.29) is 5.41 Å². The van der Waals surface area contributed by atoms with Crippen LogP contribution in [-0.4, -0.2) is 15.0 Å². The van der Waals surface area contributed by atoms with Gasteiger partial charge in [0, 0.05) is 11.4 Å². The van der Waals surface area contributed by atoms with Gasteiger partial charge in [-0.3, -0.25) is 0 Å². The molecule has 0 aromatic carbocycles. The zero-order chi connectivity index (χ0) is 17.5. The minimum absolute atomic E-state index is 0.158. The molecule has 0 bridgehead atoms. The fourth-order valence-corrected chi connectivity index (χ4v) is 3.82. The van der Waals surface area contributed by atoms with Gasteiger partial charge in [-0.25, -0.2) is 13.1 Å². The lowest BCUT2D eigenvalue weighted by Crippen LogP contribution is -2.26. The van der Waals surface area contributed by atoms with Crippen LogP contribution in [0.3, 0.4) is 0 Å². The van der Waals surface area contributed by atoms with E-state index in [9.17, 15) is 8.42 Å². The minimum Gasteiger partial charge on any atom is -0.211 e. The summed E-state index contributed by atoms with van der Waals surface area (Å²) in [4.78, 5) is 1.52. The highest BCUT2D eigenvalue weighted by molar-refractivity contribution is 7.93. The smallest absolute Gasteiger partial charge is 0.211 e. The normalized spacial score (nSPS) is 15.3. The van der Waals surface area contributed by atoms with Crippen LogP contribution in [0.4, 0.5) is 0 Å². The Balaban J connectivity index is 2.68. The van der Waals surface area contributed by atoms with E-state index in [1.54, 1.807) is 30.4 Å². The van der Waals surface area contributed by atoms with Crippen molar-refractivity contribution in [2.24, 2.45) is 11.3 Å². The summed E-state index contributed by atoms with van der Waals surface area (Å²) in [6, 6.07) is 4.00. The molecule has 0 saturated heterocycles. The highest BCUT2D eigenvalue weighted by Gasteiger charge is 2.22. The summed E-state index contributed by atoms with van der Waals surface area (Å²) in [5, 5.41) is 2.00.